The number of rotatable bonds is 6. The maximum absolute atomic E-state index is 11.8. The average molecular weight is 421 g/mol. The number of carbonyl (C=O) groups is 2. The van der Waals surface area contributed by atoms with Crippen LogP contribution in [0.1, 0.15) is 0 Å². The third kappa shape index (κ3) is 5.01. The molecule has 0 atom stereocenters. The highest BCUT2D eigenvalue weighted by atomic mass is 79.9. The number of para-hydroxylation sites is 1. The van der Waals surface area contributed by atoms with E-state index >= 15 is 0 Å². The lowest BCUT2D eigenvalue weighted by Gasteiger charge is -2.07. The van der Waals surface area contributed by atoms with Gasteiger partial charge in [-0.05, 0) is 30.3 Å². The molecule has 6 nitrogen and oxygen atoms in total. The molecule has 0 saturated carbocycles. The van der Waals surface area contributed by atoms with Gasteiger partial charge in [0.2, 0.25) is 0 Å². The van der Waals surface area contributed by atoms with Gasteiger partial charge in [-0.3, -0.25) is 10.1 Å². The lowest BCUT2D eigenvalue weighted by molar-refractivity contribution is -0.149. The summed E-state index contributed by atoms with van der Waals surface area (Å²) in [7, 11) is 0. The van der Waals surface area contributed by atoms with Crippen LogP contribution >= 0.6 is 27.3 Å². The predicted molar refractivity (Wildman–Crippen MR) is 98.8 cm³/mol. The quantitative estimate of drug-likeness (QED) is 0.616. The number of halogens is 1. The molecule has 1 N–H and O–H groups in total. The van der Waals surface area contributed by atoms with Crippen LogP contribution in [-0.2, 0) is 14.3 Å². The fourth-order valence-electron chi connectivity index (χ4n) is 1.97. The summed E-state index contributed by atoms with van der Waals surface area (Å²) in [5.74, 6) is -0.542. The highest BCUT2D eigenvalue weighted by molar-refractivity contribution is 9.10. The van der Waals surface area contributed by atoms with Crippen molar-refractivity contribution in [3.8, 4) is 5.75 Å². The summed E-state index contributed by atoms with van der Waals surface area (Å²) in [5.41, 5.74) is 0.808. The summed E-state index contributed by atoms with van der Waals surface area (Å²) < 4.78 is 12.0. The molecule has 3 rings (SSSR count). The monoisotopic (exact) mass is 420 g/mol. The van der Waals surface area contributed by atoms with Crippen LogP contribution in [0.2, 0.25) is 0 Å². The second kappa shape index (κ2) is 8.09. The number of fused-ring (bicyclic) bond motifs is 1. The van der Waals surface area contributed by atoms with Gasteiger partial charge in [-0.1, -0.05) is 45.5 Å². The van der Waals surface area contributed by atoms with Crippen LogP contribution in [0, 0.1) is 0 Å². The number of benzene rings is 2. The largest absolute Gasteiger partial charge is 0.482 e. The smallest absolute Gasteiger partial charge is 0.344 e. The normalized spacial score (nSPS) is 10.4. The minimum atomic E-state index is -0.626. The van der Waals surface area contributed by atoms with Gasteiger partial charge in [0.15, 0.2) is 18.3 Å². The molecule has 1 aromatic heterocycles. The lowest BCUT2D eigenvalue weighted by Crippen LogP contribution is -2.23. The van der Waals surface area contributed by atoms with E-state index in [0.717, 1.165) is 14.7 Å². The number of carbonyl (C=O) groups excluding carboxylic acids is 2. The van der Waals surface area contributed by atoms with Gasteiger partial charge in [-0.2, -0.15) is 0 Å². The van der Waals surface area contributed by atoms with Crippen LogP contribution in [0.3, 0.4) is 0 Å². The van der Waals surface area contributed by atoms with Crippen LogP contribution in [0.15, 0.2) is 53.0 Å². The molecule has 0 saturated heterocycles. The SMILES string of the molecule is O=C(COC(=O)COc1cccc(Br)c1)Nc1nc2ccccc2s1. The highest BCUT2D eigenvalue weighted by Gasteiger charge is 2.11. The molecule has 2 aromatic carbocycles. The minimum Gasteiger partial charge on any atom is -0.482 e. The molecular formula is C17H13BrN2O4S. The van der Waals surface area contributed by atoms with Crippen LogP contribution < -0.4 is 10.1 Å². The van der Waals surface area contributed by atoms with Crippen molar-refractivity contribution in [3.05, 3.63) is 53.0 Å². The third-order valence-corrected chi connectivity index (χ3v) is 4.50. The predicted octanol–water partition coefficient (Wildman–Crippen LogP) is 3.62. The molecule has 0 aliphatic heterocycles. The molecule has 0 radical (unpaired) electrons. The maximum Gasteiger partial charge on any atom is 0.344 e. The molecule has 1 heterocycles. The Balaban J connectivity index is 1.44. The lowest BCUT2D eigenvalue weighted by atomic mass is 10.3. The first-order valence-corrected chi connectivity index (χ1v) is 8.90. The van der Waals surface area contributed by atoms with Crippen molar-refractivity contribution in [2.45, 2.75) is 0 Å². The fraction of sp³-hybridized carbons (Fsp3) is 0.118. The van der Waals surface area contributed by atoms with Gasteiger partial charge in [0.25, 0.3) is 5.91 Å². The highest BCUT2D eigenvalue weighted by Crippen LogP contribution is 2.25. The van der Waals surface area contributed by atoms with Crippen molar-refractivity contribution in [1.29, 1.82) is 0 Å². The van der Waals surface area contributed by atoms with Gasteiger partial charge in [0.1, 0.15) is 5.75 Å². The molecule has 3 aromatic rings. The number of thiazole rings is 1. The number of anilines is 1. The average Bonchev–Trinajstić information content (AvgIpc) is 3.00. The van der Waals surface area contributed by atoms with Crippen LogP contribution in [0.25, 0.3) is 10.2 Å². The number of nitrogens with zero attached hydrogens (tertiary/aromatic N) is 1. The summed E-state index contributed by atoms with van der Waals surface area (Å²) in [5, 5.41) is 3.08. The van der Waals surface area contributed by atoms with Crippen molar-refractivity contribution >= 4 is 54.5 Å². The minimum absolute atomic E-state index is 0.273. The number of aromatic nitrogens is 1. The Labute approximate surface area is 155 Å². The summed E-state index contributed by atoms with van der Waals surface area (Å²) in [6.07, 6.45) is 0. The molecule has 0 bridgehead atoms. The Morgan fingerprint density at radius 2 is 1.96 bits per heavy atom. The van der Waals surface area contributed by atoms with E-state index in [4.69, 9.17) is 9.47 Å². The van der Waals surface area contributed by atoms with Crippen LogP contribution in [0.4, 0.5) is 5.13 Å². The topological polar surface area (TPSA) is 77.5 Å². The molecule has 25 heavy (non-hydrogen) atoms. The number of esters is 1. The van der Waals surface area contributed by atoms with E-state index in [2.05, 4.69) is 26.2 Å². The first-order chi connectivity index (χ1) is 12.1. The van der Waals surface area contributed by atoms with Gasteiger partial charge < -0.3 is 9.47 Å². The second-order valence-corrected chi connectivity index (χ2v) is 6.89. The standard InChI is InChI=1S/C17H13BrN2O4S/c18-11-4-3-5-12(8-11)23-10-16(22)24-9-15(21)20-17-19-13-6-1-2-7-14(13)25-17/h1-8H,9-10H2,(H,19,20,21). The number of hydrogen-bond acceptors (Lipinski definition) is 6. The van der Waals surface area contributed by atoms with E-state index in [9.17, 15) is 9.59 Å². The first-order valence-electron chi connectivity index (χ1n) is 7.29. The summed E-state index contributed by atoms with van der Waals surface area (Å²) in [6, 6.07) is 14.6. The van der Waals surface area contributed by atoms with E-state index in [-0.39, 0.29) is 6.61 Å². The second-order valence-electron chi connectivity index (χ2n) is 4.94. The van der Waals surface area contributed by atoms with Crippen molar-refractivity contribution in [2.24, 2.45) is 0 Å². The third-order valence-electron chi connectivity index (χ3n) is 3.06. The first kappa shape index (κ1) is 17.4. The zero-order valence-corrected chi connectivity index (χ0v) is 15.3. The molecule has 0 aliphatic rings. The van der Waals surface area contributed by atoms with Crippen LogP contribution in [0.5, 0.6) is 5.75 Å². The Morgan fingerprint density at radius 1 is 1.12 bits per heavy atom. The zero-order chi connectivity index (χ0) is 17.6. The van der Waals surface area contributed by atoms with Gasteiger partial charge >= 0.3 is 5.97 Å². The van der Waals surface area contributed by atoms with Gasteiger partial charge in [0.05, 0.1) is 10.2 Å². The Hall–Kier alpha value is -2.45. The summed E-state index contributed by atoms with van der Waals surface area (Å²) >= 11 is 4.67. The molecular weight excluding hydrogens is 408 g/mol. The zero-order valence-electron chi connectivity index (χ0n) is 12.9. The number of amides is 1. The Morgan fingerprint density at radius 3 is 2.76 bits per heavy atom. The van der Waals surface area contributed by atoms with Crippen molar-refractivity contribution in [3.63, 3.8) is 0 Å². The maximum atomic E-state index is 11.8. The van der Waals surface area contributed by atoms with Gasteiger partial charge in [-0.15, -0.1) is 0 Å². The molecule has 128 valence electrons. The fourth-order valence-corrected chi connectivity index (χ4v) is 3.23. The summed E-state index contributed by atoms with van der Waals surface area (Å²) in [4.78, 5) is 27.8. The summed E-state index contributed by atoms with van der Waals surface area (Å²) in [6.45, 7) is -0.665. The molecule has 1 amide bonds. The molecule has 0 fully saturated rings. The van der Waals surface area contributed by atoms with Crippen LogP contribution in [-0.4, -0.2) is 30.1 Å². The van der Waals surface area contributed by atoms with Gasteiger partial charge in [0, 0.05) is 4.47 Å². The Bertz CT molecular complexity index is 879. The molecule has 0 unspecified atom stereocenters. The van der Waals surface area contributed by atoms with E-state index in [1.54, 1.807) is 18.2 Å². The van der Waals surface area contributed by atoms with Crippen molar-refractivity contribution in [2.75, 3.05) is 18.5 Å². The number of nitrogens with one attached hydrogen (secondary N) is 1. The number of ether oxygens (including phenoxy) is 2. The Kier molecular flexibility index (Phi) is 5.62. The van der Waals surface area contributed by atoms with E-state index in [1.807, 2.05) is 30.3 Å². The van der Waals surface area contributed by atoms with Crippen molar-refractivity contribution < 1.29 is 19.1 Å². The molecule has 8 heteroatoms. The van der Waals surface area contributed by atoms with E-state index in [1.165, 1.54) is 11.3 Å². The van der Waals surface area contributed by atoms with Gasteiger partial charge in [-0.25, -0.2) is 9.78 Å². The van der Waals surface area contributed by atoms with Crippen molar-refractivity contribution in [1.82, 2.24) is 4.98 Å². The molecule has 0 aliphatic carbocycles. The van der Waals surface area contributed by atoms with E-state index in [0.29, 0.717) is 10.9 Å². The number of hydrogen-bond donors (Lipinski definition) is 1. The van der Waals surface area contributed by atoms with E-state index < -0.39 is 18.5 Å². The molecule has 0 spiro atoms.